The lowest BCUT2D eigenvalue weighted by Crippen LogP contribution is -2.39. The third-order valence-corrected chi connectivity index (χ3v) is 5.69. The Kier molecular flexibility index (Phi) is 5.42. The lowest BCUT2D eigenvalue weighted by atomic mass is 10.0. The Hall–Kier alpha value is -1.88. The SMILES string of the molecule is CCC1CN(C(=O)CCN2C(=O)CCc3ccccc32)CC1N(C)C. The molecule has 2 amide bonds. The Morgan fingerprint density at radius 3 is 2.64 bits per heavy atom. The number of fused-ring (bicyclic) bond motifs is 1. The first-order valence-corrected chi connectivity index (χ1v) is 9.33. The van der Waals surface area contributed by atoms with Crippen molar-refractivity contribution in [3.63, 3.8) is 0 Å². The van der Waals surface area contributed by atoms with Gasteiger partial charge in [-0.3, -0.25) is 9.59 Å². The summed E-state index contributed by atoms with van der Waals surface area (Å²) < 4.78 is 0. The number of anilines is 1. The highest BCUT2D eigenvalue weighted by Gasteiger charge is 2.35. The number of likely N-dealkylation sites (tertiary alicyclic amines) is 1. The maximum atomic E-state index is 12.7. The minimum atomic E-state index is 0.130. The average Bonchev–Trinajstić information content (AvgIpc) is 3.05. The first kappa shape index (κ1) is 17.9. The number of aryl methyl sites for hydroxylation is 1. The molecule has 0 N–H and O–H groups in total. The number of hydrogen-bond acceptors (Lipinski definition) is 3. The first-order chi connectivity index (χ1) is 12.0. The second kappa shape index (κ2) is 7.56. The number of amides is 2. The van der Waals surface area contributed by atoms with Gasteiger partial charge in [0.1, 0.15) is 0 Å². The van der Waals surface area contributed by atoms with Crippen LogP contribution >= 0.6 is 0 Å². The van der Waals surface area contributed by atoms with Crippen LogP contribution in [0.3, 0.4) is 0 Å². The van der Waals surface area contributed by atoms with Crippen molar-refractivity contribution in [2.45, 2.75) is 38.6 Å². The molecule has 3 rings (SSSR count). The van der Waals surface area contributed by atoms with Crippen LogP contribution in [0.4, 0.5) is 5.69 Å². The number of carbonyl (C=O) groups excluding carboxylic acids is 2. The highest BCUT2D eigenvalue weighted by Crippen LogP contribution is 2.28. The molecule has 1 fully saturated rings. The molecule has 136 valence electrons. The van der Waals surface area contributed by atoms with Crippen molar-refractivity contribution in [2.75, 3.05) is 38.6 Å². The summed E-state index contributed by atoms with van der Waals surface area (Å²) in [6.07, 6.45) is 2.82. The molecule has 0 saturated carbocycles. The van der Waals surface area contributed by atoms with Crippen molar-refractivity contribution < 1.29 is 9.59 Å². The first-order valence-electron chi connectivity index (χ1n) is 9.33. The van der Waals surface area contributed by atoms with Crippen LogP contribution in [-0.4, -0.2) is 61.4 Å². The maximum absolute atomic E-state index is 12.7. The fourth-order valence-electron chi connectivity index (χ4n) is 4.15. The van der Waals surface area contributed by atoms with Crippen molar-refractivity contribution in [2.24, 2.45) is 5.92 Å². The maximum Gasteiger partial charge on any atom is 0.227 e. The van der Waals surface area contributed by atoms with Gasteiger partial charge in [-0.05, 0) is 38.1 Å². The summed E-state index contributed by atoms with van der Waals surface area (Å²) >= 11 is 0. The Labute approximate surface area is 150 Å². The number of hydrogen-bond donors (Lipinski definition) is 0. The fourth-order valence-corrected chi connectivity index (χ4v) is 4.15. The normalized spacial score (nSPS) is 23.3. The van der Waals surface area contributed by atoms with E-state index in [1.807, 2.05) is 23.1 Å². The van der Waals surface area contributed by atoms with Gasteiger partial charge in [0.25, 0.3) is 0 Å². The van der Waals surface area contributed by atoms with Crippen molar-refractivity contribution in [3.05, 3.63) is 29.8 Å². The Balaban J connectivity index is 1.62. The molecule has 2 heterocycles. The van der Waals surface area contributed by atoms with E-state index < -0.39 is 0 Å². The molecule has 0 spiro atoms. The number of benzene rings is 1. The lowest BCUT2D eigenvalue weighted by molar-refractivity contribution is -0.130. The van der Waals surface area contributed by atoms with Crippen LogP contribution in [-0.2, 0) is 16.0 Å². The van der Waals surface area contributed by atoms with Crippen LogP contribution in [0.5, 0.6) is 0 Å². The van der Waals surface area contributed by atoms with Gasteiger partial charge in [0.2, 0.25) is 11.8 Å². The molecule has 1 saturated heterocycles. The predicted octanol–water partition coefficient (Wildman–Crippen LogP) is 2.15. The summed E-state index contributed by atoms with van der Waals surface area (Å²) in [6.45, 7) is 4.31. The van der Waals surface area contributed by atoms with Crippen molar-refractivity contribution in [1.29, 1.82) is 0 Å². The van der Waals surface area contributed by atoms with Crippen LogP contribution in [0.2, 0.25) is 0 Å². The Bertz CT molecular complexity index is 644. The highest BCUT2D eigenvalue weighted by molar-refractivity contribution is 5.97. The van der Waals surface area contributed by atoms with Crippen molar-refractivity contribution >= 4 is 17.5 Å². The minimum absolute atomic E-state index is 0.130. The Morgan fingerprint density at radius 1 is 1.20 bits per heavy atom. The van der Waals surface area contributed by atoms with E-state index in [2.05, 4.69) is 32.0 Å². The molecule has 0 radical (unpaired) electrons. The van der Waals surface area contributed by atoms with E-state index in [-0.39, 0.29) is 11.8 Å². The van der Waals surface area contributed by atoms with E-state index in [1.54, 1.807) is 4.90 Å². The summed E-state index contributed by atoms with van der Waals surface area (Å²) in [5, 5.41) is 0. The molecule has 1 aromatic rings. The van der Waals surface area contributed by atoms with E-state index in [9.17, 15) is 9.59 Å². The molecule has 2 aliphatic rings. The van der Waals surface area contributed by atoms with Crippen LogP contribution in [0.25, 0.3) is 0 Å². The number of para-hydroxylation sites is 1. The summed E-state index contributed by atoms with van der Waals surface area (Å²) in [4.78, 5) is 31.0. The van der Waals surface area contributed by atoms with E-state index in [4.69, 9.17) is 0 Å². The van der Waals surface area contributed by atoms with E-state index in [0.717, 1.165) is 31.6 Å². The largest absolute Gasteiger partial charge is 0.341 e. The molecule has 25 heavy (non-hydrogen) atoms. The highest BCUT2D eigenvalue weighted by atomic mass is 16.2. The van der Waals surface area contributed by atoms with Gasteiger partial charge < -0.3 is 14.7 Å². The minimum Gasteiger partial charge on any atom is -0.341 e. The lowest BCUT2D eigenvalue weighted by Gasteiger charge is -2.30. The van der Waals surface area contributed by atoms with Crippen molar-refractivity contribution in [1.82, 2.24) is 9.80 Å². The molecule has 5 nitrogen and oxygen atoms in total. The monoisotopic (exact) mass is 343 g/mol. The second-order valence-electron chi connectivity index (χ2n) is 7.42. The Morgan fingerprint density at radius 2 is 1.96 bits per heavy atom. The quantitative estimate of drug-likeness (QED) is 0.823. The second-order valence-corrected chi connectivity index (χ2v) is 7.42. The smallest absolute Gasteiger partial charge is 0.227 e. The molecule has 0 aliphatic carbocycles. The van der Waals surface area contributed by atoms with E-state index >= 15 is 0 Å². The van der Waals surface area contributed by atoms with E-state index in [1.165, 1.54) is 5.56 Å². The third-order valence-electron chi connectivity index (χ3n) is 5.69. The van der Waals surface area contributed by atoms with Gasteiger partial charge in [0.15, 0.2) is 0 Å². The predicted molar refractivity (Wildman–Crippen MR) is 99.6 cm³/mol. The van der Waals surface area contributed by atoms with E-state index in [0.29, 0.717) is 31.3 Å². The van der Waals surface area contributed by atoms with Gasteiger partial charge in [-0.15, -0.1) is 0 Å². The molecular weight excluding hydrogens is 314 g/mol. The molecule has 1 aromatic carbocycles. The molecule has 2 atom stereocenters. The zero-order chi connectivity index (χ0) is 18.0. The third kappa shape index (κ3) is 3.71. The van der Waals surface area contributed by atoms with Crippen LogP contribution in [0.15, 0.2) is 24.3 Å². The molecule has 2 aliphatic heterocycles. The summed E-state index contributed by atoms with van der Waals surface area (Å²) in [6, 6.07) is 8.47. The zero-order valence-electron chi connectivity index (χ0n) is 15.6. The van der Waals surface area contributed by atoms with Crippen LogP contribution in [0, 0.1) is 5.92 Å². The molecule has 0 bridgehead atoms. The molecule has 0 aromatic heterocycles. The summed E-state index contributed by atoms with van der Waals surface area (Å²) in [5.74, 6) is 0.834. The van der Waals surface area contributed by atoms with Crippen molar-refractivity contribution in [3.8, 4) is 0 Å². The van der Waals surface area contributed by atoms with Gasteiger partial charge in [-0.2, -0.15) is 0 Å². The summed E-state index contributed by atoms with van der Waals surface area (Å²) in [5.41, 5.74) is 2.18. The molecule has 5 heteroatoms. The van der Waals surface area contributed by atoms with Gasteiger partial charge in [0, 0.05) is 44.2 Å². The number of likely N-dealkylation sites (N-methyl/N-ethyl adjacent to an activating group) is 1. The topological polar surface area (TPSA) is 43.9 Å². The number of nitrogens with zero attached hydrogens (tertiary/aromatic N) is 3. The molecular formula is C20H29N3O2. The molecule has 2 unspecified atom stereocenters. The fraction of sp³-hybridized carbons (Fsp3) is 0.600. The number of rotatable bonds is 5. The standard InChI is InChI=1S/C20H29N3O2/c1-4-15-13-22(14-18(15)21(2)3)19(24)11-12-23-17-8-6-5-7-16(17)9-10-20(23)25/h5-8,15,18H,4,9-14H2,1-3H3. The van der Waals surface area contributed by atoms with Gasteiger partial charge in [0.05, 0.1) is 0 Å². The van der Waals surface area contributed by atoms with Gasteiger partial charge in [-0.25, -0.2) is 0 Å². The number of carbonyl (C=O) groups is 2. The average molecular weight is 343 g/mol. The van der Waals surface area contributed by atoms with Crippen LogP contribution in [0.1, 0.15) is 31.7 Å². The van der Waals surface area contributed by atoms with Gasteiger partial charge >= 0.3 is 0 Å². The van der Waals surface area contributed by atoms with Crippen LogP contribution < -0.4 is 4.90 Å². The van der Waals surface area contributed by atoms with Gasteiger partial charge in [-0.1, -0.05) is 31.5 Å². The zero-order valence-corrected chi connectivity index (χ0v) is 15.6. The summed E-state index contributed by atoms with van der Waals surface area (Å²) in [7, 11) is 4.18.